The number of carbonyl (C=O) groups is 1. The number of rotatable bonds is 5. The normalized spacial score (nSPS) is 13.6. The minimum absolute atomic E-state index is 0.0399. The minimum Gasteiger partial charge on any atom is -0.481 e. The Labute approximate surface area is 107 Å². The van der Waals surface area contributed by atoms with Gasteiger partial charge in [0.05, 0.1) is 16.6 Å². The van der Waals surface area contributed by atoms with Gasteiger partial charge in [-0.2, -0.15) is 0 Å². The second-order valence-electron chi connectivity index (χ2n) is 5.40. The van der Waals surface area contributed by atoms with E-state index in [1.807, 2.05) is 12.3 Å². The van der Waals surface area contributed by atoms with Crippen molar-refractivity contribution in [1.82, 2.24) is 4.98 Å². The molecule has 1 aromatic rings. The molecule has 1 heterocycles. The van der Waals surface area contributed by atoms with Crippen LogP contribution in [0.3, 0.4) is 0 Å². The number of aliphatic carboxylic acids is 1. The van der Waals surface area contributed by atoms with Crippen LogP contribution in [0.15, 0.2) is 5.38 Å². The van der Waals surface area contributed by atoms with E-state index in [1.165, 1.54) is 0 Å². The van der Waals surface area contributed by atoms with E-state index in [4.69, 9.17) is 5.11 Å². The third kappa shape index (κ3) is 4.11. The summed E-state index contributed by atoms with van der Waals surface area (Å²) in [5.41, 5.74) is 1.09. The van der Waals surface area contributed by atoms with Gasteiger partial charge in [-0.1, -0.05) is 34.1 Å². The molecule has 0 amide bonds. The minimum atomic E-state index is -0.709. The SMILES string of the molecule is CCCC(Cc1nc(C(C)(C)C)cs1)C(=O)O. The summed E-state index contributed by atoms with van der Waals surface area (Å²) in [6.45, 7) is 8.37. The van der Waals surface area contributed by atoms with E-state index in [2.05, 4.69) is 25.8 Å². The first-order chi connectivity index (χ1) is 7.84. The van der Waals surface area contributed by atoms with E-state index in [0.29, 0.717) is 6.42 Å². The van der Waals surface area contributed by atoms with Crippen LogP contribution in [0.2, 0.25) is 0 Å². The van der Waals surface area contributed by atoms with Gasteiger partial charge in [0.15, 0.2) is 0 Å². The Morgan fingerprint density at radius 1 is 1.53 bits per heavy atom. The van der Waals surface area contributed by atoms with E-state index in [0.717, 1.165) is 23.5 Å². The fourth-order valence-electron chi connectivity index (χ4n) is 1.62. The number of carboxylic acids is 1. The van der Waals surface area contributed by atoms with Crippen LogP contribution in [-0.4, -0.2) is 16.1 Å². The topological polar surface area (TPSA) is 50.2 Å². The molecule has 1 aromatic heterocycles. The highest BCUT2D eigenvalue weighted by Crippen LogP contribution is 2.25. The summed E-state index contributed by atoms with van der Waals surface area (Å²) in [5.74, 6) is -1.00. The zero-order valence-electron chi connectivity index (χ0n) is 11.0. The van der Waals surface area contributed by atoms with Crippen molar-refractivity contribution in [2.75, 3.05) is 0 Å². The number of carboxylic acid groups (broad SMARTS) is 1. The number of thiazole rings is 1. The standard InChI is InChI=1S/C13H21NO2S/c1-5-6-9(12(15)16)7-11-14-10(8-17-11)13(2,3)4/h8-9H,5-7H2,1-4H3,(H,15,16). The highest BCUT2D eigenvalue weighted by atomic mass is 32.1. The Balaban J connectivity index is 2.74. The van der Waals surface area contributed by atoms with Crippen molar-refractivity contribution in [2.24, 2.45) is 5.92 Å². The summed E-state index contributed by atoms with van der Waals surface area (Å²) in [7, 11) is 0. The van der Waals surface area contributed by atoms with E-state index >= 15 is 0 Å². The molecule has 0 aliphatic rings. The molecule has 0 aromatic carbocycles. The predicted molar refractivity (Wildman–Crippen MR) is 70.6 cm³/mol. The molecule has 1 rings (SSSR count). The van der Waals surface area contributed by atoms with Gasteiger partial charge in [0.25, 0.3) is 0 Å². The maximum absolute atomic E-state index is 11.1. The fourth-order valence-corrected chi connectivity index (χ4v) is 2.72. The molecular formula is C13H21NO2S. The summed E-state index contributed by atoms with van der Waals surface area (Å²) in [5, 5.41) is 12.1. The smallest absolute Gasteiger partial charge is 0.306 e. The largest absolute Gasteiger partial charge is 0.481 e. The Morgan fingerprint density at radius 3 is 2.59 bits per heavy atom. The molecule has 17 heavy (non-hydrogen) atoms. The van der Waals surface area contributed by atoms with Gasteiger partial charge >= 0.3 is 5.97 Å². The summed E-state index contributed by atoms with van der Waals surface area (Å²) in [4.78, 5) is 15.6. The molecule has 96 valence electrons. The molecule has 0 fully saturated rings. The molecule has 0 radical (unpaired) electrons. The Morgan fingerprint density at radius 2 is 2.18 bits per heavy atom. The molecule has 0 aliphatic carbocycles. The van der Waals surface area contributed by atoms with Gasteiger partial charge in [0.1, 0.15) is 0 Å². The van der Waals surface area contributed by atoms with Gasteiger partial charge in [-0.3, -0.25) is 4.79 Å². The summed E-state index contributed by atoms with van der Waals surface area (Å²) in [6, 6.07) is 0. The van der Waals surface area contributed by atoms with E-state index in [9.17, 15) is 4.79 Å². The molecule has 4 heteroatoms. The lowest BCUT2D eigenvalue weighted by Gasteiger charge is -2.14. The molecule has 0 spiro atoms. The lowest BCUT2D eigenvalue weighted by Crippen LogP contribution is -2.17. The summed E-state index contributed by atoms with van der Waals surface area (Å²) < 4.78 is 0. The Hall–Kier alpha value is -0.900. The number of hydrogen-bond acceptors (Lipinski definition) is 3. The molecule has 0 aliphatic heterocycles. The number of nitrogens with zero attached hydrogens (tertiary/aromatic N) is 1. The Kier molecular flexibility index (Phi) is 4.69. The second kappa shape index (κ2) is 5.63. The highest BCUT2D eigenvalue weighted by molar-refractivity contribution is 7.09. The number of hydrogen-bond donors (Lipinski definition) is 1. The third-order valence-corrected chi connectivity index (χ3v) is 3.60. The lowest BCUT2D eigenvalue weighted by molar-refractivity contribution is -0.141. The van der Waals surface area contributed by atoms with Crippen molar-refractivity contribution in [2.45, 2.75) is 52.4 Å². The van der Waals surface area contributed by atoms with Gasteiger partial charge in [0, 0.05) is 17.2 Å². The molecule has 0 bridgehead atoms. The maximum Gasteiger partial charge on any atom is 0.306 e. The quantitative estimate of drug-likeness (QED) is 0.876. The van der Waals surface area contributed by atoms with Crippen molar-refractivity contribution in [3.8, 4) is 0 Å². The summed E-state index contributed by atoms with van der Waals surface area (Å²) in [6.07, 6.45) is 2.18. The van der Waals surface area contributed by atoms with Crippen LogP contribution in [0.5, 0.6) is 0 Å². The van der Waals surface area contributed by atoms with Crippen LogP contribution >= 0.6 is 11.3 Å². The van der Waals surface area contributed by atoms with Crippen molar-refractivity contribution >= 4 is 17.3 Å². The van der Waals surface area contributed by atoms with Crippen molar-refractivity contribution in [3.63, 3.8) is 0 Å². The molecule has 1 N–H and O–H groups in total. The first-order valence-electron chi connectivity index (χ1n) is 6.02. The van der Waals surface area contributed by atoms with Gasteiger partial charge in [0.2, 0.25) is 0 Å². The molecular weight excluding hydrogens is 234 g/mol. The van der Waals surface area contributed by atoms with Crippen LogP contribution in [-0.2, 0) is 16.6 Å². The van der Waals surface area contributed by atoms with Crippen LogP contribution in [0.25, 0.3) is 0 Å². The van der Waals surface area contributed by atoms with Crippen LogP contribution < -0.4 is 0 Å². The van der Waals surface area contributed by atoms with E-state index in [1.54, 1.807) is 11.3 Å². The average molecular weight is 255 g/mol. The molecule has 1 atom stereocenters. The summed E-state index contributed by atoms with van der Waals surface area (Å²) >= 11 is 1.57. The van der Waals surface area contributed by atoms with Gasteiger partial charge < -0.3 is 5.11 Å². The van der Waals surface area contributed by atoms with Gasteiger partial charge in [-0.15, -0.1) is 11.3 Å². The molecule has 1 unspecified atom stereocenters. The molecule has 0 saturated heterocycles. The maximum atomic E-state index is 11.1. The average Bonchev–Trinajstić information content (AvgIpc) is 2.64. The monoisotopic (exact) mass is 255 g/mol. The molecule has 3 nitrogen and oxygen atoms in total. The highest BCUT2D eigenvalue weighted by Gasteiger charge is 2.21. The predicted octanol–water partition coefficient (Wildman–Crippen LogP) is 3.48. The van der Waals surface area contributed by atoms with Crippen LogP contribution in [0.4, 0.5) is 0 Å². The van der Waals surface area contributed by atoms with E-state index in [-0.39, 0.29) is 11.3 Å². The van der Waals surface area contributed by atoms with Crippen molar-refractivity contribution in [3.05, 3.63) is 16.1 Å². The Bertz CT molecular complexity index is 379. The van der Waals surface area contributed by atoms with Gasteiger partial charge in [-0.25, -0.2) is 4.98 Å². The third-order valence-electron chi connectivity index (χ3n) is 2.73. The van der Waals surface area contributed by atoms with Crippen molar-refractivity contribution in [1.29, 1.82) is 0 Å². The van der Waals surface area contributed by atoms with Gasteiger partial charge in [-0.05, 0) is 6.42 Å². The zero-order valence-corrected chi connectivity index (χ0v) is 11.8. The molecule has 0 saturated carbocycles. The van der Waals surface area contributed by atoms with Crippen LogP contribution in [0.1, 0.15) is 51.2 Å². The first-order valence-corrected chi connectivity index (χ1v) is 6.90. The lowest BCUT2D eigenvalue weighted by atomic mass is 9.93. The van der Waals surface area contributed by atoms with E-state index < -0.39 is 5.97 Å². The van der Waals surface area contributed by atoms with Crippen molar-refractivity contribution < 1.29 is 9.90 Å². The first kappa shape index (κ1) is 14.2. The second-order valence-corrected chi connectivity index (χ2v) is 6.35. The zero-order chi connectivity index (χ0) is 13.1. The number of aromatic nitrogens is 1. The van der Waals surface area contributed by atoms with Crippen LogP contribution in [0, 0.1) is 5.92 Å². The fraction of sp³-hybridized carbons (Fsp3) is 0.692.